The number of nitrogens with zero attached hydrogens (tertiary/aromatic N) is 3. The molecule has 0 fully saturated rings. The van der Waals surface area contributed by atoms with E-state index in [2.05, 4.69) is 25.6 Å². The summed E-state index contributed by atoms with van der Waals surface area (Å²) in [6.45, 7) is 0.556. The van der Waals surface area contributed by atoms with Gasteiger partial charge >= 0.3 is 6.18 Å². The third kappa shape index (κ3) is 3.77. The molecule has 2 N–H and O–H groups in total. The normalized spacial score (nSPS) is 13.1. The van der Waals surface area contributed by atoms with Crippen LogP contribution in [0.2, 0.25) is 5.02 Å². The van der Waals surface area contributed by atoms with Crippen LogP contribution >= 0.6 is 11.6 Å². The number of nitrogens with one attached hydrogen (secondary N) is 2. The van der Waals surface area contributed by atoms with E-state index in [4.69, 9.17) is 11.6 Å². The van der Waals surface area contributed by atoms with Crippen molar-refractivity contribution in [2.75, 3.05) is 10.6 Å². The van der Waals surface area contributed by atoms with Crippen LogP contribution in [-0.4, -0.2) is 15.8 Å². The Morgan fingerprint density at radius 1 is 0.964 bits per heavy atom. The number of hydrogen-bond acceptors (Lipinski definition) is 5. The van der Waals surface area contributed by atoms with E-state index in [1.165, 1.54) is 0 Å². The topological polar surface area (TPSA) is 62.2 Å². The highest BCUT2D eigenvalue weighted by Gasteiger charge is 2.30. The molecule has 28 heavy (non-hydrogen) atoms. The molecule has 1 aliphatic heterocycles. The Morgan fingerprint density at radius 3 is 2.61 bits per heavy atom. The summed E-state index contributed by atoms with van der Waals surface area (Å²) in [7, 11) is 0. The largest absolute Gasteiger partial charge is 0.416 e. The maximum Gasteiger partial charge on any atom is 0.416 e. The number of aliphatic imine (C=N–C) groups is 1. The summed E-state index contributed by atoms with van der Waals surface area (Å²) in [6.07, 6.45) is -1.65. The quantitative estimate of drug-likeness (QED) is 0.625. The Morgan fingerprint density at radius 2 is 1.82 bits per heavy atom. The molecule has 0 aliphatic carbocycles. The molecule has 3 heterocycles. The number of fused-ring (bicyclic) bond motifs is 1. The zero-order chi connectivity index (χ0) is 19.7. The Bertz CT molecular complexity index is 1070. The molecular weight excluding hydrogens is 391 g/mol. The first kappa shape index (κ1) is 18.2. The van der Waals surface area contributed by atoms with E-state index in [1.54, 1.807) is 24.4 Å². The van der Waals surface area contributed by atoms with E-state index in [0.717, 1.165) is 29.6 Å². The van der Waals surface area contributed by atoms with Crippen LogP contribution in [-0.2, 0) is 12.7 Å². The molecule has 3 aromatic rings. The van der Waals surface area contributed by atoms with Crippen LogP contribution in [0.4, 0.5) is 30.4 Å². The van der Waals surface area contributed by atoms with Gasteiger partial charge in [-0.15, -0.1) is 0 Å². The molecule has 5 nitrogen and oxygen atoms in total. The summed E-state index contributed by atoms with van der Waals surface area (Å²) in [6, 6.07) is 10.7. The molecule has 0 spiro atoms. The van der Waals surface area contributed by atoms with Crippen LogP contribution in [0.25, 0.3) is 0 Å². The molecule has 1 aliphatic rings. The highest BCUT2D eigenvalue weighted by molar-refractivity contribution is 6.33. The number of pyridine rings is 2. The van der Waals surface area contributed by atoms with Gasteiger partial charge in [-0.25, -0.2) is 4.98 Å². The first-order valence-corrected chi connectivity index (χ1v) is 8.63. The Balaban J connectivity index is 1.51. The van der Waals surface area contributed by atoms with Gasteiger partial charge in [0.2, 0.25) is 0 Å². The average Bonchev–Trinajstić information content (AvgIpc) is 3.07. The van der Waals surface area contributed by atoms with Crippen LogP contribution in [0.5, 0.6) is 0 Å². The Hall–Kier alpha value is -3.13. The van der Waals surface area contributed by atoms with Crippen molar-refractivity contribution in [1.29, 1.82) is 0 Å². The van der Waals surface area contributed by atoms with Gasteiger partial charge in [-0.1, -0.05) is 17.7 Å². The summed E-state index contributed by atoms with van der Waals surface area (Å²) >= 11 is 6.29. The fourth-order valence-electron chi connectivity index (χ4n) is 2.76. The Labute approximate surface area is 163 Å². The van der Waals surface area contributed by atoms with Crippen LogP contribution in [0, 0.1) is 0 Å². The first-order valence-electron chi connectivity index (χ1n) is 8.26. The fraction of sp³-hybridized carbons (Fsp3) is 0.105. The number of anilines is 3. The van der Waals surface area contributed by atoms with Crippen molar-refractivity contribution in [3.05, 3.63) is 76.7 Å². The standard InChI is InChI=1S/C19H13ClF3N5/c20-14-9-13(27-18-17-11(10-26-18)2-1-6-25-17)3-4-15(14)28-16-8-12(5-7-24-16)19(21,22)23/h1-9H,10H2,(H,24,28)(H,26,27). The lowest BCUT2D eigenvalue weighted by molar-refractivity contribution is -0.137. The number of halogens is 4. The zero-order valence-electron chi connectivity index (χ0n) is 14.3. The van der Waals surface area contributed by atoms with Gasteiger partial charge in [-0.2, -0.15) is 13.2 Å². The number of aromatic nitrogens is 2. The zero-order valence-corrected chi connectivity index (χ0v) is 15.0. The Kier molecular flexibility index (Phi) is 4.64. The molecule has 9 heteroatoms. The van der Waals surface area contributed by atoms with Gasteiger partial charge in [-0.05, 0) is 36.4 Å². The lowest BCUT2D eigenvalue weighted by Gasteiger charge is -2.12. The lowest BCUT2D eigenvalue weighted by atomic mass is 10.2. The number of benzene rings is 1. The van der Waals surface area contributed by atoms with E-state index >= 15 is 0 Å². The van der Waals surface area contributed by atoms with Crippen molar-refractivity contribution in [1.82, 2.24) is 9.97 Å². The number of amidine groups is 1. The molecule has 0 atom stereocenters. The van der Waals surface area contributed by atoms with Crippen LogP contribution in [0.1, 0.15) is 16.8 Å². The molecule has 142 valence electrons. The second-order valence-corrected chi connectivity index (χ2v) is 6.46. The molecule has 0 bridgehead atoms. The molecule has 0 amide bonds. The summed E-state index contributed by atoms with van der Waals surface area (Å²) in [5, 5.41) is 6.30. The maximum atomic E-state index is 12.8. The van der Waals surface area contributed by atoms with E-state index in [-0.39, 0.29) is 5.82 Å². The van der Waals surface area contributed by atoms with Crippen molar-refractivity contribution in [3.63, 3.8) is 0 Å². The van der Waals surface area contributed by atoms with Crippen LogP contribution in [0.3, 0.4) is 0 Å². The summed E-state index contributed by atoms with van der Waals surface area (Å²) in [5.74, 6) is 0.697. The van der Waals surface area contributed by atoms with Gasteiger partial charge < -0.3 is 10.6 Å². The number of hydrogen-bond donors (Lipinski definition) is 2. The van der Waals surface area contributed by atoms with Gasteiger partial charge in [-0.3, -0.25) is 9.98 Å². The van der Waals surface area contributed by atoms with Crippen molar-refractivity contribution in [2.45, 2.75) is 12.7 Å². The highest BCUT2D eigenvalue weighted by atomic mass is 35.5. The first-order chi connectivity index (χ1) is 13.4. The predicted octanol–water partition coefficient (Wildman–Crippen LogP) is 5.26. The highest BCUT2D eigenvalue weighted by Crippen LogP contribution is 2.32. The van der Waals surface area contributed by atoms with Gasteiger partial charge in [0.15, 0.2) is 5.84 Å². The van der Waals surface area contributed by atoms with Gasteiger partial charge in [0.25, 0.3) is 0 Å². The molecule has 4 rings (SSSR count). The van der Waals surface area contributed by atoms with Gasteiger partial charge in [0.1, 0.15) is 11.5 Å². The lowest BCUT2D eigenvalue weighted by Crippen LogP contribution is -2.13. The average molecular weight is 404 g/mol. The smallest absolute Gasteiger partial charge is 0.339 e. The molecule has 0 saturated carbocycles. The van der Waals surface area contributed by atoms with Crippen molar-refractivity contribution in [2.24, 2.45) is 4.99 Å². The fourth-order valence-corrected chi connectivity index (χ4v) is 2.99. The predicted molar refractivity (Wildman–Crippen MR) is 102 cm³/mol. The van der Waals surface area contributed by atoms with E-state index < -0.39 is 11.7 Å². The van der Waals surface area contributed by atoms with Crippen molar-refractivity contribution >= 4 is 34.6 Å². The maximum absolute atomic E-state index is 12.8. The molecule has 0 saturated heterocycles. The van der Waals surface area contributed by atoms with Crippen LogP contribution < -0.4 is 10.6 Å². The second-order valence-electron chi connectivity index (χ2n) is 6.05. The van der Waals surface area contributed by atoms with Crippen molar-refractivity contribution < 1.29 is 13.2 Å². The van der Waals surface area contributed by atoms with Crippen molar-refractivity contribution in [3.8, 4) is 0 Å². The summed E-state index contributed by atoms with van der Waals surface area (Å²) in [4.78, 5) is 12.6. The van der Waals surface area contributed by atoms with E-state index in [1.807, 2.05) is 12.1 Å². The molecular formula is C19H13ClF3N5. The number of rotatable bonds is 3. The monoisotopic (exact) mass is 403 g/mol. The minimum absolute atomic E-state index is 0.0516. The summed E-state index contributed by atoms with van der Waals surface area (Å²) in [5.41, 5.74) is 2.15. The number of alkyl halides is 3. The SMILES string of the molecule is FC(F)(F)c1ccnc(Nc2ccc(NC3=NCc4cccnc43)cc2Cl)c1. The van der Waals surface area contributed by atoms with Crippen LogP contribution in [0.15, 0.2) is 59.9 Å². The minimum atomic E-state index is -4.44. The van der Waals surface area contributed by atoms with Gasteiger partial charge in [0, 0.05) is 23.6 Å². The molecule has 2 aromatic heterocycles. The third-order valence-corrected chi connectivity index (χ3v) is 4.42. The second kappa shape index (κ2) is 7.12. The summed E-state index contributed by atoms with van der Waals surface area (Å²) < 4.78 is 38.5. The molecule has 0 radical (unpaired) electrons. The third-order valence-electron chi connectivity index (χ3n) is 4.10. The van der Waals surface area contributed by atoms with E-state index in [9.17, 15) is 13.2 Å². The molecule has 0 unspecified atom stereocenters. The van der Waals surface area contributed by atoms with Gasteiger partial charge in [0.05, 0.1) is 22.8 Å². The minimum Gasteiger partial charge on any atom is -0.339 e. The van der Waals surface area contributed by atoms with E-state index in [0.29, 0.717) is 28.8 Å². The molecule has 1 aromatic carbocycles.